The van der Waals surface area contributed by atoms with Crippen LogP contribution in [0, 0.1) is 6.92 Å². The number of carbonyl (C=O) groups is 2. The number of amides is 1. The van der Waals surface area contributed by atoms with Crippen LogP contribution >= 0.6 is 11.3 Å². The molecule has 0 atom stereocenters. The summed E-state index contributed by atoms with van der Waals surface area (Å²) >= 11 is 1.35. The zero-order chi connectivity index (χ0) is 25.5. The van der Waals surface area contributed by atoms with E-state index in [9.17, 15) is 9.59 Å². The minimum atomic E-state index is -0.508. The fraction of sp³-hybridized carbons (Fsp3) is 0.133. The van der Waals surface area contributed by atoms with Gasteiger partial charge >= 0.3 is 5.97 Å². The highest BCUT2D eigenvalue weighted by molar-refractivity contribution is 7.17. The third-order valence-electron chi connectivity index (χ3n) is 5.59. The van der Waals surface area contributed by atoms with Crippen molar-refractivity contribution in [2.24, 2.45) is 0 Å². The summed E-state index contributed by atoms with van der Waals surface area (Å²) in [5.74, 6) is -0.0673. The first-order valence-electron chi connectivity index (χ1n) is 11.6. The number of thiophene rings is 1. The van der Waals surface area contributed by atoms with Crippen LogP contribution in [0.25, 0.3) is 22.8 Å². The van der Waals surface area contributed by atoms with Gasteiger partial charge in [0.1, 0.15) is 16.3 Å². The summed E-state index contributed by atoms with van der Waals surface area (Å²) in [5.41, 5.74) is 4.08. The fourth-order valence-corrected chi connectivity index (χ4v) is 5.01. The smallest absolute Gasteiger partial charge is 0.341 e. The van der Waals surface area contributed by atoms with Gasteiger partial charge in [-0.15, -0.1) is 11.3 Å². The molecule has 0 aliphatic heterocycles. The van der Waals surface area contributed by atoms with E-state index < -0.39 is 5.97 Å². The summed E-state index contributed by atoms with van der Waals surface area (Å²) in [6, 6.07) is 26.7. The number of nitrogens with one attached hydrogen (secondary N) is 1. The molecule has 4 rings (SSSR count). The minimum Gasteiger partial charge on any atom is -0.494 e. The molecule has 3 aromatic carbocycles. The van der Waals surface area contributed by atoms with Crippen molar-refractivity contribution in [3.05, 3.63) is 106 Å². The van der Waals surface area contributed by atoms with Crippen LogP contribution in [-0.4, -0.2) is 25.6 Å². The fourth-order valence-electron chi connectivity index (χ4n) is 3.95. The highest BCUT2D eigenvalue weighted by atomic mass is 32.1. The Labute approximate surface area is 215 Å². The third kappa shape index (κ3) is 5.56. The highest BCUT2D eigenvalue weighted by Gasteiger charge is 2.26. The molecule has 0 spiro atoms. The molecule has 0 saturated carbocycles. The Hall–Kier alpha value is -4.16. The van der Waals surface area contributed by atoms with Crippen LogP contribution in [0.3, 0.4) is 0 Å². The number of hydrogen-bond donors (Lipinski definition) is 1. The van der Waals surface area contributed by atoms with Gasteiger partial charge in [-0.05, 0) is 48.7 Å². The van der Waals surface area contributed by atoms with Crippen LogP contribution in [0.2, 0.25) is 0 Å². The van der Waals surface area contributed by atoms with Gasteiger partial charge in [0.25, 0.3) is 5.91 Å². The molecule has 0 aliphatic rings. The van der Waals surface area contributed by atoms with Crippen molar-refractivity contribution in [2.45, 2.75) is 13.8 Å². The molecule has 0 saturated heterocycles. The predicted molar refractivity (Wildman–Crippen MR) is 146 cm³/mol. The lowest BCUT2D eigenvalue weighted by Crippen LogP contribution is -2.15. The second kappa shape index (κ2) is 11.5. The minimum absolute atomic E-state index is 0.310. The lowest BCUT2D eigenvalue weighted by Gasteiger charge is -2.11. The van der Waals surface area contributed by atoms with Crippen LogP contribution < -0.4 is 10.1 Å². The van der Waals surface area contributed by atoms with E-state index in [4.69, 9.17) is 9.47 Å². The zero-order valence-electron chi connectivity index (χ0n) is 20.4. The standard InChI is InChI=1S/C30H27NO4S/c1-4-35-24-17-15-23(16-18-24)26-20(2)36-29(27(26)30(33)34-3)31-28(32)25(22-13-9-6-10-14-22)19-21-11-7-5-8-12-21/h5-19H,4H2,1-3H3,(H,31,32)/b25-19+. The Morgan fingerprint density at radius 1 is 0.917 bits per heavy atom. The van der Waals surface area contributed by atoms with Crippen molar-refractivity contribution in [1.29, 1.82) is 0 Å². The Bertz CT molecular complexity index is 1370. The molecule has 0 bridgehead atoms. The number of ether oxygens (including phenoxy) is 2. The van der Waals surface area contributed by atoms with Crippen molar-refractivity contribution in [3.8, 4) is 16.9 Å². The van der Waals surface area contributed by atoms with E-state index in [1.54, 1.807) is 0 Å². The van der Waals surface area contributed by atoms with Crippen molar-refractivity contribution in [2.75, 3.05) is 19.0 Å². The number of aryl methyl sites for hydroxylation is 1. The average molecular weight is 498 g/mol. The molecule has 0 unspecified atom stereocenters. The Morgan fingerprint density at radius 3 is 2.17 bits per heavy atom. The SMILES string of the molecule is CCOc1ccc(-c2c(C)sc(NC(=O)/C(=C/c3ccccc3)c3ccccc3)c2C(=O)OC)cc1. The first kappa shape index (κ1) is 24.9. The quantitative estimate of drug-likeness (QED) is 0.160. The van der Waals surface area contributed by atoms with E-state index in [1.165, 1.54) is 18.4 Å². The van der Waals surface area contributed by atoms with Gasteiger partial charge in [-0.3, -0.25) is 4.79 Å². The number of hydrogen-bond acceptors (Lipinski definition) is 5. The van der Waals surface area contributed by atoms with Crippen LogP contribution in [0.15, 0.2) is 84.9 Å². The molecule has 6 heteroatoms. The molecule has 1 amide bonds. The van der Waals surface area contributed by atoms with Crippen molar-refractivity contribution < 1.29 is 19.1 Å². The number of anilines is 1. The molecule has 182 valence electrons. The van der Waals surface area contributed by atoms with E-state index in [0.717, 1.165) is 32.9 Å². The van der Waals surface area contributed by atoms with Crippen LogP contribution in [0.1, 0.15) is 33.3 Å². The molecule has 36 heavy (non-hydrogen) atoms. The molecule has 1 aromatic heterocycles. The van der Waals surface area contributed by atoms with Gasteiger partial charge in [-0.2, -0.15) is 0 Å². The van der Waals surface area contributed by atoms with E-state index in [2.05, 4.69) is 5.32 Å². The van der Waals surface area contributed by atoms with Gasteiger partial charge in [0, 0.05) is 16.0 Å². The molecule has 0 aliphatic carbocycles. The molecule has 4 aromatic rings. The number of carbonyl (C=O) groups excluding carboxylic acids is 2. The van der Waals surface area contributed by atoms with Crippen molar-refractivity contribution in [3.63, 3.8) is 0 Å². The number of rotatable bonds is 8. The second-order valence-electron chi connectivity index (χ2n) is 7.98. The van der Waals surface area contributed by atoms with Crippen molar-refractivity contribution in [1.82, 2.24) is 0 Å². The van der Waals surface area contributed by atoms with Crippen LogP contribution in [0.4, 0.5) is 5.00 Å². The maximum atomic E-state index is 13.6. The summed E-state index contributed by atoms with van der Waals surface area (Å²) in [6.45, 7) is 4.42. The Balaban J connectivity index is 1.75. The van der Waals surface area contributed by atoms with E-state index in [-0.39, 0.29) is 5.91 Å². The molecule has 5 nitrogen and oxygen atoms in total. The van der Waals surface area contributed by atoms with Gasteiger partial charge < -0.3 is 14.8 Å². The summed E-state index contributed by atoms with van der Waals surface area (Å²) < 4.78 is 10.7. The average Bonchev–Trinajstić information content (AvgIpc) is 3.23. The summed E-state index contributed by atoms with van der Waals surface area (Å²) in [7, 11) is 1.34. The maximum absolute atomic E-state index is 13.6. The van der Waals surface area contributed by atoms with E-state index in [0.29, 0.717) is 22.7 Å². The van der Waals surface area contributed by atoms with Gasteiger partial charge in [0.2, 0.25) is 0 Å². The first-order chi connectivity index (χ1) is 17.5. The van der Waals surface area contributed by atoms with Gasteiger partial charge in [-0.1, -0.05) is 72.8 Å². The number of benzene rings is 3. The largest absolute Gasteiger partial charge is 0.494 e. The van der Waals surface area contributed by atoms with E-state index >= 15 is 0 Å². The van der Waals surface area contributed by atoms with Crippen molar-refractivity contribution >= 4 is 39.9 Å². The predicted octanol–water partition coefficient (Wildman–Crippen LogP) is 7.09. The number of esters is 1. The summed E-state index contributed by atoms with van der Waals surface area (Å²) in [4.78, 5) is 27.4. The molecule has 1 heterocycles. The molecular formula is C30H27NO4S. The summed E-state index contributed by atoms with van der Waals surface area (Å²) in [5, 5.41) is 3.44. The highest BCUT2D eigenvalue weighted by Crippen LogP contribution is 2.41. The molecule has 0 fully saturated rings. The Morgan fingerprint density at radius 2 is 1.56 bits per heavy atom. The van der Waals surface area contributed by atoms with E-state index in [1.807, 2.05) is 105 Å². The Kier molecular flexibility index (Phi) is 7.98. The molecule has 0 radical (unpaired) electrons. The van der Waals surface area contributed by atoms with Gasteiger partial charge in [-0.25, -0.2) is 4.79 Å². The topological polar surface area (TPSA) is 64.6 Å². The first-order valence-corrected chi connectivity index (χ1v) is 12.4. The monoisotopic (exact) mass is 497 g/mol. The molecular weight excluding hydrogens is 470 g/mol. The second-order valence-corrected chi connectivity index (χ2v) is 9.20. The maximum Gasteiger partial charge on any atom is 0.341 e. The van der Waals surface area contributed by atoms with Gasteiger partial charge in [0.15, 0.2) is 0 Å². The van der Waals surface area contributed by atoms with Gasteiger partial charge in [0.05, 0.1) is 13.7 Å². The third-order valence-corrected chi connectivity index (χ3v) is 6.62. The summed E-state index contributed by atoms with van der Waals surface area (Å²) in [6.07, 6.45) is 1.84. The molecule has 1 N–H and O–H groups in total. The normalized spacial score (nSPS) is 11.1. The van der Waals surface area contributed by atoms with Crippen LogP contribution in [-0.2, 0) is 9.53 Å². The lowest BCUT2D eigenvalue weighted by atomic mass is 10.0. The van der Waals surface area contributed by atoms with Crippen LogP contribution in [0.5, 0.6) is 5.75 Å². The lowest BCUT2D eigenvalue weighted by molar-refractivity contribution is -0.111. The number of methoxy groups -OCH3 is 1. The zero-order valence-corrected chi connectivity index (χ0v) is 21.2.